The molecular formula is C31H40NO6P-2. The summed E-state index contributed by atoms with van der Waals surface area (Å²) in [7, 11) is -5.12. The maximum Gasteiger partial charge on any atom is 0.328 e. The van der Waals surface area contributed by atoms with Crippen molar-refractivity contribution in [2.45, 2.75) is 91.0 Å². The van der Waals surface area contributed by atoms with E-state index in [1.807, 2.05) is 6.07 Å². The topological polar surface area (TPSA) is 125 Å². The van der Waals surface area contributed by atoms with Crippen LogP contribution in [0.1, 0.15) is 82.1 Å². The van der Waals surface area contributed by atoms with Crippen LogP contribution in [0, 0.1) is 29.6 Å². The molecule has 2 saturated carbocycles. The largest absolute Gasteiger partial charge is 0.780 e. The van der Waals surface area contributed by atoms with Gasteiger partial charge in [-0.1, -0.05) is 46.2 Å². The fourth-order valence-electron chi connectivity index (χ4n) is 8.83. The molecule has 2 fully saturated rings. The molecule has 0 bridgehead atoms. The minimum Gasteiger partial charge on any atom is -0.780 e. The zero-order chi connectivity index (χ0) is 28.4. The van der Waals surface area contributed by atoms with Gasteiger partial charge in [0.2, 0.25) is 0 Å². The molecule has 2 aromatic carbocycles. The summed E-state index contributed by atoms with van der Waals surface area (Å²) in [6.07, 6.45) is 7.56. The number of phosphoric ester groups is 1. The number of aryl methyl sites for hydroxylation is 1. The van der Waals surface area contributed by atoms with Crippen LogP contribution in [0.25, 0.3) is 0 Å². The number of carbonyl (C=O) groups is 1. The summed E-state index contributed by atoms with van der Waals surface area (Å²) in [6.45, 7) is 12.1. The summed E-state index contributed by atoms with van der Waals surface area (Å²) in [6, 6.07) is 8.99. The number of ether oxygens (including phenoxy) is 1. The van der Waals surface area contributed by atoms with Gasteiger partial charge in [-0.15, -0.1) is 0 Å². The van der Waals surface area contributed by atoms with Crippen molar-refractivity contribution in [2.75, 3.05) is 0 Å². The van der Waals surface area contributed by atoms with Crippen molar-refractivity contribution in [1.29, 1.82) is 0 Å². The van der Waals surface area contributed by atoms with E-state index in [1.54, 1.807) is 12.1 Å². The van der Waals surface area contributed by atoms with E-state index in [9.17, 15) is 19.1 Å². The molecule has 5 rings (SSSR count). The van der Waals surface area contributed by atoms with Crippen LogP contribution in [0.4, 0.5) is 0 Å². The van der Waals surface area contributed by atoms with Crippen molar-refractivity contribution in [3.8, 4) is 11.5 Å². The number of fused-ring (bicyclic) bond motifs is 5. The van der Waals surface area contributed by atoms with Gasteiger partial charge in [0.15, 0.2) is 0 Å². The Morgan fingerprint density at radius 3 is 2.41 bits per heavy atom. The van der Waals surface area contributed by atoms with Gasteiger partial charge >= 0.3 is 5.97 Å². The number of hydrogen-bond acceptors (Lipinski definition) is 7. The van der Waals surface area contributed by atoms with Crippen molar-refractivity contribution < 1.29 is 28.4 Å². The fourth-order valence-corrected chi connectivity index (χ4v) is 9.21. The Morgan fingerprint density at radius 2 is 1.74 bits per heavy atom. The normalized spacial score (nSPS) is 30.1. The van der Waals surface area contributed by atoms with Gasteiger partial charge in [-0.25, -0.2) is 4.79 Å². The molecule has 39 heavy (non-hydrogen) atoms. The first-order valence-electron chi connectivity index (χ1n) is 14.0. The first kappa shape index (κ1) is 28.4. The van der Waals surface area contributed by atoms with Crippen LogP contribution in [0.5, 0.6) is 11.5 Å². The molecule has 5 atom stereocenters. The lowest BCUT2D eigenvalue weighted by atomic mass is 9.43. The molecule has 0 heterocycles. The number of benzene rings is 2. The second-order valence-corrected chi connectivity index (χ2v) is 14.4. The van der Waals surface area contributed by atoms with E-state index < -0.39 is 19.8 Å². The minimum atomic E-state index is -5.12. The SMILES string of the molecule is Cc1cc(OC(=O)C(N)Cc2ccc(OP(=O)([O-])[O-])cc2)cc2c1C1(C)CCC3C(C)(C)CCC[C@]3(C)[C@H]1C2. The second-order valence-electron chi connectivity index (χ2n) is 13.3. The summed E-state index contributed by atoms with van der Waals surface area (Å²) in [5.74, 6) is 1.23. The van der Waals surface area contributed by atoms with Crippen molar-refractivity contribution in [2.24, 2.45) is 28.4 Å². The molecule has 3 unspecified atom stereocenters. The molecule has 0 amide bonds. The number of esters is 1. The van der Waals surface area contributed by atoms with Gasteiger partial charge in [0.1, 0.15) is 25.4 Å². The predicted molar refractivity (Wildman–Crippen MR) is 146 cm³/mol. The average molecular weight is 554 g/mol. The Kier molecular flexibility index (Phi) is 7.07. The van der Waals surface area contributed by atoms with Gasteiger partial charge < -0.3 is 29.3 Å². The van der Waals surface area contributed by atoms with Crippen LogP contribution in [-0.4, -0.2) is 12.0 Å². The first-order chi connectivity index (χ1) is 18.1. The predicted octanol–water partition coefficient (Wildman–Crippen LogP) is 4.73. The van der Waals surface area contributed by atoms with E-state index in [-0.39, 0.29) is 17.6 Å². The van der Waals surface area contributed by atoms with Crippen molar-refractivity contribution >= 4 is 13.8 Å². The van der Waals surface area contributed by atoms with Gasteiger partial charge in [-0.05, 0) is 120 Å². The van der Waals surface area contributed by atoms with Crippen molar-refractivity contribution in [3.63, 3.8) is 0 Å². The number of nitrogens with two attached hydrogens (primary N) is 1. The lowest BCUT2D eigenvalue weighted by molar-refractivity contribution is -0.333. The molecule has 212 valence electrons. The number of carbonyl (C=O) groups excluding carboxylic acids is 1. The molecule has 7 nitrogen and oxygen atoms in total. The van der Waals surface area contributed by atoms with Crippen LogP contribution in [0.2, 0.25) is 0 Å². The maximum absolute atomic E-state index is 12.9. The molecule has 0 radical (unpaired) electrons. The maximum atomic E-state index is 12.9. The summed E-state index contributed by atoms with van der Waals surface area (Å²) < 4.78 is 20.9. The van der Waals surface area contributed by atoms with Crippen LogP contribution in [-0.2, 0) is 27.6 Å². The molecule has 0 saturated heterocycles. The molecule has 3 aliphatic carbocycles. The summed E-state index contributed by atoms with van der Waals surface area (Å²) in [4.78, 5) is 34.5. The summed E-state index contributed by atoms with van der Waals surface area (Å²) >= 11 is 0. The van der Waals surface area contributed by atoms with E-state index in [4.69, 9.17) is 10.5 Å². The zero-order valence-corrected chi connectivity index (χ0v) is 24.5. The smallest absolute Gasteiger partial charge is 0.328 e. The first-order valence-corrected chi connectivity index (χ1v) is 15.5. The summed E-state index contributed by atoms with van der Waals surface area (Å²) in [5.41, 5.74) is 11.6. The Hall–Kier alpha value is -2.18. The molecule has 3 aliphatic rings. The van der Waals surface area contributed by atoms with Crippen LogP contribution < -0.4 is 24.8 Å². The van der Waals surface area contributed by atoms with Gasteiger partial charge in [-0.3, -0.25) is 0 Å². The molecule has 0 aromatic heterocycles. The minimum absolute atomic E-state index is 0.0805. The highest BCUT2D eigenvalue weighted by molar-refractivity contribution is 7.43. The Labute approximate surface area is 231 Å². The van der Waals surface area contributed by atoms with E-state index in [2.05, 4.69) is 45.2 Å². The van der Waals surface area contributed by atoms with Crippen molar-refractivity contribution in [3.05, 3.63) is 58.7 Å². The third kappa shape index (κ3) is 5.19. The highest BCUT2D eigenvalue weighted by Gasteiger charge is 2.61. The van der Waals surface area contributed by atoms with Gasteiger partial charge in [-0.2, -0.15) is 0 Å². The molecule has 2 N–H and O–H groups in total. The molecule has 2 aromatic rings. The number of rotatable bonds is 6. The Morgan fingerprint density at radius 1 is 1.05 bits per heavy atom. The highest BCUT2D eigenvalue weighted by Crippen LogP contribution is 2.68. The van der Waals surface area contributed by atoms with Crippen molar-refractivity contribution in [1.82, 2.24) is 0 Å². The van der Waals surface area contributed by atoms with E-state index in [1.165, 1.54) is 60.9 Å². The average Bonchev–Trinajstić information content (AvgIpc) is 3.13. The van der Waals surface area contributed by atoms with Crippen LogP contribution >= 0.6 is 7.82 Å². The highest BCUT2D eigenvalue weighted by atomic mass is 31.2. The fraction of sp³-hybridized carbons (Fsp3) is 0.581. The lowest BCUT2D eigenvalue weighted by Gasteiger charge is -2.61. The summed E-state index contributed by atoms with van der Waals surface area (Å²) in [5, 5.41) is 0. The van der Waals surface area contributed by atoms with Gasteiger partial charge in [0.05, 0.1) is 0 Å². The van der Waals surface area contributed by atoms with Gasteiger partial charge in [0, 0.05) is 0 Å². The standard InChI is InChI=1S/C31H42NO6P/c1-19-15-23(37-28(33)24(32)16-20-7-9-22(10-8-20)38-39(34,35)36)17-21-18-26-30(4)13-6-12-29(2,3)25(30)11-14-31(26,5)27(19)21/h7-10,15,17,24-26H,6,11-14,16,18,32H2,1-5H3,(H2,34,35,36)/p-2/t24?,25?,26-,30+,31?/m1/s1. The van der Waals surface area contributed by atoms with Gasteiger partial charge in [0.25, 0.3) is 0 Å². The molecular weight excluding hydrogens is 513 g/mol. The lowest BCUT2D eigenvalue weighted by Crippen LogP contribution is -2.55. The monoisotopic (exact) mass is 553 g/mol. The molecule has 8 heteroatoms. The second kappa shape index (κ2) is 9.73. The zero-order valence-electron chi connectivity index (χ0n) is 23.6. The molecule has 0 aliphatic heterocycles. The van der Waals surface area contributed by atoms with Crippen LogP contribution in [0.3, 0.4) is 0 Å². The Bertz CT molecular complexity index is 1320. The third-order valence-electron chi connectivity index (χ3n) is 10.3. The molecule has 0 spiro atoms. The van der Waals surface area contributed by atoms with E-state index >= 15 is 0 Å². The van der Waals surface area contributed by atoms with E-state index in [0.29, 0.717) is 28.1 Å². The number of hydrogen-bond donors (Lipinski definition) is 1. The Balaban J connectivity index is 1.31. The quantitative estimate of drug-likeness (QED) is 0.311. The number of phosphoric acid groups is 1. The van der Waals surface area contributed by atoms with Crippen LogP contribution in [0.15, 0.2) is 36.4 Å². The van der Waals surface area contributed by atoms with E-state index in [0.717, 1.165) is 12.3 Å². The third-order valence-corrected chi connectivity index (χ3v) is 10.7.